The molecule has 0 radical (unpaired) electrons. The molecule has 2 aromatic rings. The normalized spacial score (nSPS) is 14.4. The molecule has 10 nitrogen and oxygen atoms in total. The summed E-state index contributed by atoms with van der Waals surface area (Å²) < 4.78 is 5.31. The van der Waals surface area contributed by atoms with Crippen molar-refractivity contribution >= 4 is 34.6 Å². The predicted octanol–water partition coefficient (Wildman–Crippen LogP) is 0.443. The molecule has 0 saturated carbocycles. The third kappa shape index (κ3) is 4.24. The standard InChI is InChI=1S/C20H26N6O4/c21-13-3-1-11(19(27)25-5-6-26-7-9-30-10-8-26)15(17(13)23)16-12(20(28)29)2-4-14(22)18(16)24/h1-4H,5-10,21-24H2,(H,25,27)(H,28,29). The summed E-state index contributed by atoms with van der Waals surface area (Å²) in [7, 11) is 0. The third-order valence-electron chi connectivity index (χ3n) is 5.10. The van der Waals surface area contributed by atoms with Crippen LogP contribution in [0.15, 0.2) is 24.3 Å². The minimum atomic E-state index is -1.22. The summed E-state index contributed by atoms with van der Waals surface area (Å²) >= 11 is 0. The minimum absolute atomic E-state index is 0.0227. The van der Waals surface area contributed by atoms with E-state index in [0.717, 1.165) is 13.1 Å². The first-order chi connectivity index (χ1) is 14.3. The van der Waals surface area contributed by atoms with Crippen LogP contribution in [0.3, 0.4) is 0 Å². The number of aromatic carboxylic acids is 1. The zero-order chi connectivity index (χ0) is 21.8. The Morgan fingerprint density at radius 2 is 1.47 bits per heavy atom. The topological polar surface area (TPSA) is 183 Å². The van der Waals surface area contributed by atoms with Crippen LogP contribution in [0, 0.1) is 0 Å². The molecule has 2 aromatic carbocycles. The first-order valence-electron chi connectivity index (χ1n) is 9.49. The Kier molecular flexibility index (Phi) is 6.28. The third-order valence-corrected chi connectivity index (χ3v) is 5.10. The Bertz CT molecular complexity index is 972. The molecule has 1 fully saturated rings. The number of morpholine rings is 1. The average molecular weight is 414 g/mol. The second kappa shape index (κ2) is 8.89. The van der Waals surface area contributed by atoms with Gasteiger partial charge in [0.15, 0.2) is 0 Å². The van der Waals surface area contributed by atoms with E-state index in [1.807, 2.05) is 0 Å². The fourth-order valence-corrected chi connectivity index (χ4v) is 3.42. The van der Waals surface area contributed by atoms with E-state index in [1.165, 1.54) is 24.3 Å². The van der Waals surface area contributed by atoms with Gasteiger partial charge in [-0.3, -0.25) is 9.69 Å². The fraction of sp³-hybridized carbons (Fsp3) is 0.300. The molecule has 0 atom stereocenters. The van der Waals surface area contributed by atoms with E-state index >= 15 is 0 Å². The molecule has 1 aliphatic heterocycles. The summed E-state index contributed by atoms with van der Waals surface area (Å²) in [6.07, 6.45) is 0. The van der Waals surface area contributed by atoms with Crippen molar-refractivity contribution in [2.45, 2.75) is 0 Å². The SMILES string of the molecule is Nc1ccc(C(=O)O)c(-c2c(C(=O)NCCN3CCOCC3)ccc(N)c2N)c1N. The lowest BCUT2D eigenvalue weighted by Crippen LogP contribution is -2.41. The zero-order valence-corrected chi connectivity index (χ0v) is 16.5. The van der Waals surface area contributed by atoms with Gasteiger partial charge in [-0.25, -0.2) is 4.79 Å². The van der Waals surface area contributed by atoms with Gasteiger partial charge in [-0.15, -0.1) is 0 Å². The Morgan fingerprint density at radius 3 is 2.03 bits per heavy atom. The number of nitrogens with two attached hydrogens (primary N) is 4. The molecule has 0 aromatic heterocycles. The van der Waals surface area contributed by atoms with Crippen LogP contribution in [-0.4, -0.2) is 61.3 Å². The maximum Gasteiger partial charge on any atom is 0.336 e. The van der Waals surface area contributed by atoms with Crippen molar-refractivity contribution in [3.8, 4) is 11.1 Å². The molecule has 1 aliphatic rings. The lowest BCUT2D eigenvalue weighted by atomic mass is 9.90. The van der Waals surface area contributed by atoms with Crippen molar-refractivity contribution < 1.29 is 19.4 Å². The number of carboxylic acids is 1. The predicted molar refractivity (Wildman–Crippen MR) is 116 cm³/mol. The molecule has 0 unspecified atom stereocenters. The van der Waals surface area contributed by atoms with Gasteiger partial charge in [-0.2, -0.15) is 0 Å². The number of carbonyl (C=O) groups is 2. The highest BCUT2D eigenvalue weighted by Gasteiger charge is 2.25. The van der Waals surface area contributed by atoms with E-state index in [0.29, 0.717) is 26.3 Å². The maximum atomic E-state index is 13.0. The van der Waals surface area contributed by atoms with Gasteiger partial charge in [0.2, 0.25) is 0 Å². The maximum absolute atomic E-state index is 13.0. The molecule has 0 spiro atoms. The first-order valence-corrected chi connectivity index (χ1v) is 9.49. The number of nitrogens with zero attached hydrogens (tertiary/aromatic N) is 1. The van der Waals surface area contributed by atoms with Gasteiger partial charge in [0.25, 0.3) is 5.91 Å². The highest BCUT2D eigenvalue weighted by molar-refractivity contribution is 6.12. The second-order valence-electron chi connectivity index (χ2n) is 7.00. The number of ether oxygens (including phenoxy) is 1. The number of nitrogens with one attached hydrogen (secondary N) is 1. The van der Waals surface area contributed by atoms with E-state index in [4.69, 9.17) is 27.7 Å². The van der Waals surface area contributed by atoms with Gasteiger partial charge in [-0.05, 0) is 24.3 Å². The van der Waals surface area contributed by atoms with E-state index < -0.39 is 11.9 Å². The summed E-state index contributed by atoms with van der Waals surface area (Å²) in [6.45, 7) is 4.00. The Hall–Kier alpha value is -3.50. The fourth-order valence-electron chi connectivity index (χ4n) is 3.42. The summed E-state index contributed by atoms with van der Waals surface area (Å²) in [4.78, 5) is 26.9. The van der Waals surface area contributed by atoms with E-state index in [2.05, 4.69) is 10.2 Å². The van der Waals surface area contributed by atoms with Crippen LogP contribution in [0.1, 0.15) is 20.7 Å². The van der Waals surface area contributed by atoms with Crippen LogP contribution in [-0.2, 0) is 4.74 Å². The van der Waals surface area contributed by atoms with Crippen molar-refractivity contribution in [3.05, 3.63) is 35.4 Å². The van der Waals surface area contributed by atoms with E-state index in [9.17, 15) is 14.7 Å². The largest absolute Gasteiger partial charge is 0.478 e. The van der Waals surface area contributed by atoms with Crippen molar-refractivity contribution in [2.75, 3.05) is 62.3 Å². The summed E-state index contributed by atoms with van der Waals surface area (Å²) in [6, 6.07) is 5.72. The van der Waals surface area contributed by atoms with Crippen LogP contribution in [0.2, 0.25) is 0 Å². The highest BCUT2D eigenvalue weighted by atomic mass is 16.5. The van der Waals surface area contributed by atoms with Gasteiger partial charge in [0.05, 0.1) is 41.5 Å². The number of carbonyl (C=O) groups excluding carboxylic acids is 1. The van der Waals surface area contributed by atoms with Gasteiger partial charge < -0.3 is 38.1 Å². The Morgan fingerprint density at radius 1 is 0.933 bits per heavy atom. The molecule has 1 heterocycles. The molecule has 1 saturated heterocycles. The number of carboxylic acid groups (broad SMARTS) is 1. The number of nitrogen functional groups attached to an aromatic ring is 4. The number of hydrogen-bond donors (Lipinski definition) is 6. The second-order valence-corrected chi connectivity index (χ2v) is 7.00. The Balaban J connectivity index is 1.97. The lowest BCUT2D eigenvalue weighted by Gasteiger charge is -2.26. The van der Waals surface area contributed by atoms with Gasteiger partial charge in [0.1, 0.15) is 0 Å². The smallest absolute Gasteiger partial charge is 0.336 e. The molecule has 160 valence electrons. The van der Waals surface area contributed by atoms with E-state index in [-0.39, 0.29) is 45.0 Å². The molecule has 1 amide bonds. The van der Waals surface area contributed by atoms with Crippen molar-refractivity contribution in [3.63, 3.8) is 0 Å². The molecule has 0 bridgehead atoms. The highest BCUT2D eigenvalue weighted by Crippen LogP contribution is 2.41. The summed E-state index contributed by atoms with van der Waals surface area (Å²) in [5, 5.41) is 12.5. The summed E-state index contributed by atoms with van der Waals surface area (Å²) in [5.41, 5.74) is 24.9. The molecular weight excluding hydrogens is 388 g/mol. The monoisotopic (exact) mass is 414 g/mol. The van der Waals surface area contributed by atoms with Crippen LogP contribution in [0.5, 0.6) is 0 Å². The number of benzene rings is 2. The molecule has 10 N–H and O–H groups in total. The van der Waals surface area contributed by atoms with Crippen molar-refractivity contribution in [1.29, 1.82) is 0 Å². The number of amides is 1. The lowest BCUT2D eigenvalue weighted by molar-refractivity contribution is 0.0383. The van der Waals surface area contributed by atoms with Crippen LogP contribution in [0.4, 0.5) is 22.7 Å². The van der Waals surface area contributed by atoms with Gasteiger partial charge >= 0.3 is 5.97 Å². The average Bonchev–Trinajstić information content (AvgIpc) is 2.72. The molecule has 30 heavy (non-hydrogen) atoms. The van der Waals surface area contributed by atoms with Crippen molar-refractivity contribution in [1.82, 2.24) is 10.2 Å². The number of hydrogen-bond acceptors (Lipinski definition) is 8. The number of rotatable bonds is 6. The van der Waals surface area contributed by atoms with Crippen molar-refractivity contribution in [2.24, 2.45) is 0 Å². The Labute approximate surface area is 173 Å². The molecule has 3 rings (SSSR count). The van der Waals surface area contributed by atoms with E-state index in [1.54, 1.807) is 0 Å². The zero-order valence-electron chi connectivity index (χ0n) is 16.5. The van der Waals surface area contributed by atoms with Crippen LogP contribution >= 0.6 is 0 Å². The molecule has 0 aliphatic carbocycles. The molecule has 10 heteroatoms. The quantitative estimate of drug-likeness (QED) is 0.365. The summed E-state index contributed by atoms with van der Waals surface area (Å²) in [5.74, 6) is -1.64. The van der Waals surface area contributed by atoms with Crippen LogP contribution in [0.25, 0.3) is 11.1 Å². The molecular formula is C20H26N6O4. The van der Waals surface area contributed by atoms with Gasteiger partial charge in [0, 0.05) is 42.9 Å². The van der Waals surface area contributed by atoms with Crippen LogP contribution < -0.4 is 28.3 Å². The number of anilines is 4. The minimum Gasteiger partial charge on any atom is -0.478 e. The first kappa shape index (κ1) is 21.2. The van der Waals surface area contributed by atoms with Gasteiger partial charge in [-0.1, -0.05) is 0 Å².